The summed E-state index contributed by atoms with van der Waals surface area (Å²) >= 11 is 0. The third-order valence-electron chi connectivity index (χ3n) is 10.2. The van der Waals surface area contributed by atoms with Gasteiger partial charge < -0.3 is 5.11 Å². The van der Waals surface area contributed by atoms with E-state index in [1.165, 1.54) is 77.0 Å². The fourth-order valence-electron chi connectivity index (χ4n) is 8.64. The maximum Gasteiger partial charge on any atom is 0.0543 e. The number of hydrogen-bond acceptors (Lipinski definition) is 1. The molecule has 0 aromatic rings. The van der Waals surface area contributed by atoms with Crippen LogP contribution in [0, 0.1) is 40.4 Å². The molecule has 0 aliphatic heterocycles. The molecule has 0 aromatic carbocycles. The minimum absolute atomic E-state index is 0.00235. The van der Waals surface area contributed by atoms with Crippen LogP contribution in [-0.2, 0) is 0 Å². The lowest BCUT2D eigenvalue weighted by Crippen LogP contribution is -2.53. The van der Waals surface area contributed by atoms with Crippen molar-refractivity contribution in [1.29, 1.82) is 0 Å². The molecular weight excluding hydrogens is 340 g/mol. The van der Waals surface area contributed by atoms with E-state index in [2.05, 4.69) is 20.8 Å². The summed E-state index contributed by atoms with van der Waals surface area (Å²) in [6.07, 6.45) is 19.6. The van der Waals surface area contributed by atoms with E-state index in [-0.39, 0.29) is 6.10 Å². The summed E-state index contributed by atoms with van der Waals surface area (Å²) in [4.78, 5) is 0. The standard InChI is InChI=1S/C25H44O.C2H6/c1-4-5-6-7-8-18-10-12-22-21-11-9-19-17-20(26)13-15-25(19,3)23(21)14-16-24(18,22)2;1-2/h18-23,26H,4-17H2,1-3H3;1-2H3. The Hall–Kier alpha value is -0.0400. The minimum atomic E-state index is -0.00235. The fraction of sp³-hybridized carbons (Fsp3) is 1.00. The fourth-order valence-corrected chi connectivity index (χ4v) is 8.64. The van der Waals surface area contributed by atoms with Gasteiger partial charge in [0, 0.05) is 0 Å². The highest BCUT2D eigenvalue weighted by Gasteiger charge is 2.59. The molecule has 1 N–H and O–H groups in total. The van der Waals surface area contributed by atoms with E-state index in [0.29, 0.717) is 10.8 Å². The third-order valence-corrected chi connectivity index (χ3v) is 10.2. The van der Waals surface area contributed by atoms with Crippen molar-refractivity contribution in [2.75, 3.05) is 0 Å². The van der Waals surface area contributed by atoms with Gasteiger partial charge in [-0.3, -0.25) is 0 Å². The van der Waals surface area contributed by atoms with Crippen LogP contribution in [0.3, 0.4) is 0 Å². The molecule has 0 saturated heterocycles. The van der Waals surface area contributed by atoms with Crippen LogP contribution in [0.1, 0.15) is 125 Å². The zero-order valence-electron chi connectivity index (χ0n) is 19.8. The zero-order valence-corrected chi connectivity index (χ0v) is 19.8. The second-order valence-electron chi connectivity index (χ2n) is 11.3. The number of hydrogen-bond donors (Lipinski definition) is 1. The lowest BCUT2D eigenvalue weighted by molar-refractivity contribution is -0.127. The molecule has 4 saturated carbocycles. The van der Waals surface area contributed by atoms with E-state index in [1.807, 2.05) is 13.8 Å². The van der Waals surface area contributed by atoms with Gasteiger partial charge in [0.1, 0.15) is 0 Å². The Bertz CT molecular complexity index is 487. The van der Waals surface area contributed by atoms with E-state index >= 15 is 0 Å². The van der Waals surface area contributed by atoms with Crippen LogP contribution >= 0.6 is 0 Å². The van der Waals surface area contributed by atoms with E-state index in [4.69, 9.17) is 0 Å². The maximum atomic E-state index is 10.2. The van der Waals surface area contributed by atoms with Gasteiger partial charge in [-0.1, -0.05) is 60.3 Å². The first kappa shape index (κ1) is 22.6. The maximum absolute atomic E-state index is 10.2. The summed E-state index contributed by atoms with van der Waals surface area (Å²) in [5.41, 5.74) is 1.20. The van der Waals surface area contributed by atoms with E-state index in [0.717, 1.165) is 42.4 Å². The van der Waals surface area contributed by atoms with Crippen molar-refractivity contribution in [3.63, 3.8) is 0 Å². The van der Waals surface area contributed by atoms with Crippen LogP contribution in [0.4, 0.5) is 0 Å². The summed E-state index contributed by atoms with van der Waals surface area (Å²) in [5.74, 6) is 4.81. The summed E-state index contributed by atoms with van der Waals surface area (Å²) in [6.45, 7) is 11.7. The summed E-state index contributed by atoms with van der Waals surface area (Å²) < 4.78 is 0. The highest BCUT2D eigenvalue weighted by atomic mass is 16.3. The highest BCUT2D eigenvalue weighted by Crippen LogP contribution is 2.67. The molecule has 4 aliphatic carbocycles. The van der Waals surface area contributed by atoms with Crippen LogP contribution in [-0.4, -0.2) is 11.2 Å². The van der Waals surface area contributed by atoms with E-state index in [1.54, 1.807) is 0 Å². The largest absolute Gasteiger partial charge is 0.393 e. The molecule has 4 fully saturated rings. The first-order chi connectivity index (χ1) is 13.5. The molecule has 0 bridgehead atoms. The molecule has 8 unspecified atom stereocenters. The van der Waals surface area contributed by atoms with Gasteiger partial charge in [-0.25, -0.2) is 0 Å². The molecule has 1 nitrogen and oxygen atoms in total. The Kier molecular flexibility index (Phi) is 7.60. The van der Waals surface area contributed by atoms with Crippen molar-refractivity contribution in [3.05, 3.63) is 0 Å². The highest BCUT2D eigenvalue weighted by molar-refractivity contribution is 5.09. The first-order valence-electron chi connectivity index (χ1n) is 13.2. The Balaban J connectivity index is 0.00000109. The topological polar surface area (TPSA) is 20.2 Å². The lowest BCUT2D eigenvalue weighted by Gasteiger charge is -2.61. The van der Waals surface area contributed by atoms with Crippen molar-refractivity contribution < 1.29 is 5.11 Å². The second kappa shape index (κ2) is 9.40. The number of aliphatic hydroxyl groups is 1. The molecule has 4 aliphatic rings. The molecule has 28 heavy (non-hydrogen) atoms. The van der Waals surface area contributed by atoms with E-state index in [9.17, 15) is 5.11 Å². The number of aliphatic hydroxyl groups excluding tert-OH is 1. The van der Waals surface area contributed by atoms with Crippen LogP contribution in [0.15, 0.2) is 0 Å². The van der Waals surface area contributed by atoms with Crippen molar-refractivity contribution in [3.8, 4) is 0 Å². The van der Waals surface area contributed by atoms with Crippen LogP contribution in [0.25, 0.3) is 0 Å². The predicted molar refractivity (Wildman–Crippen MR) is 121 cm³/mol. The first-order valence-corrected chi connectivity index (χ1v) is 13.2. The van der Waals surface area contributed by atoms with Gasteiger partial charge in [-0.2, -0.15) is 0 Å². The van der Waals surface area contributed by atoms with Gasteiger partial charge in [-0.05, 0) is 105 Å². The van der Waals surface area contributed by atoms with Crippen molar-refractivity contribution in [1.82, 2.24) is 0 Å². The quantitative estimate of drug-likeness (QED) is 0.471. The molecule has 1 heteroatoms. The molecule has 164 valence electrons. The molecule has 0 spiro atoms. The predicted octanol–water partition coefficient (Wildman–Crippen LogP) is 8.00. The van der Waals surface area contributed by atoms with Gasteiger partial charge >= 0.3 is 0 Å². The Morgan fingerprint density at radius 1 is 0.786 bits per heavy atom. The van der Waals surface area contributed by atoms with Gasteiger partial charge in [0.25, 0.3) is 0 Å². The molecule has 8 atom stereocenters. The van der Waals surface area contributed by atoms with Crippen LogP contribution < -0.4 is 0 Å². The van der Waals surface area contributed by atoms with Gasteiger partial charge in [-0.15, -0.1) is 0 Å². The number of rotatable bonds is 5. The average Bonchev–Trinajstić information content (AvgIpc) is 3.04. The number of fused-ring (bicyclic) bond motifs is 5. The second-order valence-corrected chi connectivity index (χ2v) is 11.3. The summed E-state index contributed by atoms with van der Waals surface area (Å²) in [6, 6.07) is 0. The SMILES string of the molecule is CC.CCCCCCC1CCC2C3CCC4CC(O)CCC4(C)C3CCC12C. The molecule has 0 aromatic heterocycles. The van der Waals surface area contributed by atoms with Gasteiger partial charge in [0.15, 0.2) is 0 Å². The van der Waals surface area contributed by atoms with Crippen molar-refractivity contribution >= 4 is 0 Å². The van der Waals surface area contributed by atoms with Gasteiger partial charge in [0.2, 0.25) is 0 Å². The summed E-state index contributed by atoms with van der Waals surface area (Å²) in [7, 11) is 0. The summed E-state index contributed by atoms with van der Waals surface area (Å²) in [5, 5.41) is 10.2. The molecular formula is C27H50O. The minimum Gasteiger partial charge on any atom is -0.393 e. The molecule has 0 amide bonds. The number of unbranched alkanes of at least 4 members (excludes halogenated alkanes) is 3. The molecule has 4 rings (SSSR count). The van der Waals surface area contributed by atoms with Crippen LogP contribution in [0.5, 0.6) is 0 Å². The zero-order chi connectivity index (χ0) is 20.4. The Labute approximate surface area is 176 Å². The average molecular weight is 391 g/mol. The Morgan fingerprint density at radius 2 is 1.50 bits per heavy atom. The monoisotopic (exact) mass is 390 g/mol. The van der Waals surface area contributed by atoms with Crippen LogP contribution in [0.2, 0.25) is 0 Å². The molecule has 0 radical (unpaired) electrons. The normalized spacial score (nSPS) is 47.4. The van der Waals surface area contributed by atoms with Gasteiger partial charge in [0.05, 0.1) is 6.10 Å². The lowest BCUT2D eigenvalue weighted by atomic mass is 9.44. The Morgan fingerprint density at radius 3 is 2.25 bits per heavy atom. The smallest absolute Gasteiger partial charge is 0.0543 e. The van der Waals surface area contributed by atoms with E-state index < -0.39 is 0 Å². The molecule has 0 heterocycles. The van der Waals surface area contributed by atoms with Crippen molar-refractivity contribution in [2.24, 2.45) is 40.4 Å². The van der Waals surface area contributed by atoms with Crippen molar-refractivity contribution in [2.45, 2.75) is 131 Å². The third kappa shape index (κ3) is 3.95.